The lowest BCUT2D eigenvalue weighted by Gasteiger charge is -2.20. The van der Waals surface area contributed by atoms with Gasteiger partial charge in [-0.2, -0.15) is 0 Å². The molecule has 1 aliphatic rings. The third-order valence-electron chi connectivity index (χ3n) is 2.79. The Morgan fingerprint density at radius 1 is 1.35 bits per heavy atom. The van der Waals surface area contributed by atoms with E-state index in [-0.39, 0.29) is 11.7 Å². The SMILES string of the molecule is O=C(c1ccc(F)c(Br)c1)N1CCCNCC1. The van der Waals surface area contributed by atoms with E-state index in [2.05, 4.69) is 21.2 Å². The van der Waals surface area contributed by atoms with Crippen LogP contribution in [0.3, 0.4) is 0 Å². The zero-order valence-electron chi connectivity index (χ0n) is 9.38. The number of nitrogens with zero attached hydrogens (tertiary/aromatic N) is 1. The fourth-order valence-electron chi connectivity index (χ4n) is 1.86. The van der Waals surface area contributed by atoms with Gasteiger partial charge in [0, 0.05) is 25.2 Å². The smallest absolute Gasteiger partial charge is 0.253 e. The summed E-state index contributed by atoms with van der Waals surface area (Å²) in [5.41, 5.74) is 0.528. The first kappa shape index (κ1) is 12.5. The van der Waals surface area contributed by atoms with Crippen molar-refractivity contribution < 1.29 is 9.18 Å². The van der Waals surface area contributed by atoms with Crippen molar-refractivity contribution in [2.24, 2.45) is 0 Å². The Hall–Kier alpha value is -0.940. The van der Waals surface area contributed by atoms with Gasteiger partial charge in [0.25, 0.3) is 5.91 Å². The largest absolute Gasteiger partial charge is 0.337 e. The van der Waals surface area contributed by atoms with Gasteiger partial charge in [-0.3, -0.25) is 4.79 Å². The van der Waals surface area contributed by atoms with Gasteiger partial charge in [-0.25, -0.2) is 4.39 Å². The van der Waals surface area contributed by atoms with Crippen molar-refractivity contribution in [3.8, 4) is 0 Å². The molecule has 92 valence electrons. The van der Waals surface area contributed by atoms with Crippen LogP contribution in [0.15, 0.2) is 22.7 Å². The minimum atomic E-state index is -0.348. The molecule has 1 aromatic carbocycles. The quantitative estimate of drug-likeness (QED) is 0.861. The van der Waals surface area contributed by atoms with Crippen molar-refractivity contribution >= 4 is 21.8 Å². The summed E-state index contributed by atoms with van der Waals surface area (Å²) < 4.78 is 13.4. The molecular weight excluding hydrogens is 287 g/mol. The molecule has 5 heteroatoms. The number of hydrogen-bond donors (Lipinski definition) is 1. The van der Waals surface area contributed by atoms with E-state index in [1.54, 1.807) is 4.90 Å². The summed E-state index contributed by atoms with van der Waals surface area (Å²) in [6.07, 6.45) is 0.952. The van der Waals surface area contributed by atoms with Crippen LogP contribution in [0.25, 0.3) is 0 Å². The normalized spacial score (nSPS) is 16.7. The number of rotatable bonds is 1. The first-order valence-corrected chi connectivity index (χ1v) is 6.43. The minimum absolute atomic E-state index is 0.0330. The predicted molar refractivity (Wildman–Crippen MR) is 67.5 cm³/mol. The van der Waals surface area contributed by atoms with Crippen molar-refractivity contribution in [3.63, 3.8) is 0 Å². The monoisotopic (exact) mass is 300 g/mol. The number of hydrogen-bond acceptors (Lipinski definition) is 2. The van der Waals surface area contributed by atoms with Crippen LogP contribution in [-0.4, -0.2) is 37.0 Å². The summed E-state index contributed by atoms with van der Waals surface area (Å²) in [7, 11) is 0. The minimum Gasteiger partial charge on any atom is -0.337 e. The lowest BCUT2D eigenvalue weighted by atomic mass is 10.2. The first-order valence-electron chi connectivity index (χ1n) is 5.63. The van der Waals surface area contributed by atoms with Gasteiger partial charge in [-0.05, 0) is 47.1 Å². The standard InChI is InChI=1S/C12H14BrFN2O/c13-10-8-9(2-3-11(10)14)12(17)16-6-1-4-15-5-7-16/h2-3,8,15H,1,4-7H2. The van der Waals surface area contributed by atoms with E-state index < -0.39 is 0 Å². The van der Waals surface area contributed by atoms with Crippen molar-refractivity contribution in [2.45, 2.75) is 6.42 Å². The molecule has 3 nitrogen and oxygen atoms in total. The van der Waals surface area contributed by atoms with Crippen LogP contribution >= 0.6 is 15.9 Å². The maximum atomic E-state index is 13.1. The van der Waals surface area contributed by atoms with Gasteiger partial charge in [0.05, 0.1) is 4.47 Å². The molecule has 17 heavy (non-hydrogen) atoms. The highest BCUT2D eigenvalue weighted by Gasteiger charge is 2.17. The Balaban J connectivity index is 2.14. The van der Waals surface area contributed by atoms with Gasteiger partial charge in [-0.1, -0.05) is 0 Å². The third kappa shape index (κ3) is 3.04. The molecule has 1 amide bonds. The second-order valence-corrected chi connectivity index (χ2v) is 4.88. The highest BCUT2D eigenvalue weighted by Crippen LogP contribution is 2.18. The topological polar surface area (TPSA) is 32.3 Å². The van der Waals surface area contributed by atoms with Crippen molar-refractivity contribution in [1.29, 1.82) is 0 Å². The predicted octanol–water partition coefficient (Wildman–Crippen LogP) is 2.02. The Morgan fingerprint density at radius 3 is 2.94 bits per heavy atom. The van der Waals surface area contributed by atoms with Crippen LogP contribution in [0.2, 0.25) is 0 Å². The summed E-state index contributed by atoms with van der Waals surface area (Å²) >= 11 is 3.10. The highest BCUT2D eigenvalue weighted by molar-refractivity contribution is 9.10. The Kier molecular flexibility index (Phi) is 4.12. The number of nitrogens with one attached hydrogen (secondary N) is 1. The number of carbonyl (C=O) groups excluding carboxylic acids is 1. The van der Waals surface area contributed by atoms with Gasteiger partial charge in [0.15, 0.2) is 0 Å². The van der Waals surface area contributed by atoms with Crippen molar-refractivity contribution in [1.82, 2.24) is 10.2 Å². The number of halogens is 2. The second-order valence-electron chi connectivity index (χ2n) is 4.02. The number of benzene rings is 1. The molecule has 2 rings (SSSR count). The molecule has 0 aromatic heterocycles. The molecule has 0 unspecified atom stereocenters. The molecule has 0 aliphatic carbocycles. The second kappa shape index (κ2) is 5.60. The van der Waals surface area contributed by atoms with E-state index in [0.717, 1.165) is 26.1 Å². The summed E-state index contributed by atoms with van der Waals surface area (Å²) in [5, 5.41) is 3.24. The molecule has 0 saturated carbocycles. The molecule has 1 heterocycles. The Morgan fingerprint density at radius 2 is 2.18 bits per heavy atom. The molecule has 1 saturated heterocycles. The van der Waals surface area contributed by atoms with Crippen LogP contribution in [0.5, 0.6) is 0 Å². The lowest BCUT2D eigenvalue weighted by molar-refractivity contribution is 0.0766. The summed E-state index contributed by atoms with van der Waals surface area (Å²) in [4.78, 5) is 14.0. The van der Waals surface area contributed by atoms with Crippen LogP contribution in [0, 0.1) is 5.82 Å². The van der Waals surface area contributed by atoms with Gasteiger partial charge >= 0.3 is 0 Å². The molecule has 1 aliphatic heterocycles. The van der Waals surface area contributed by atoms with Gasteiger partial charge in [0.2, 0.25) is 0 Å². The van der Waals surface area contributed by atoms with Crippen LogP contribution in [0.4, 0.5) is 4.39 Å². The molecular formula is C12H14BrFN2O. The molecule has 0 bridgehead atoms. The number of carbonyl (C=O) groups is 1. The molecule has 1 N–H and O–H groups in total. The average molecular weight is 301 g/mol. The van der Waals surface area contributed by atoms with Crippen LogP contribution in [-0.2, 0) is 0 Å². The van der Waals surface area contributed by atoms with Gasteiger partial charge in [-0.15, -0.1) is 0 Å². The molecule has 1 aromatic rings. The van der Waals surface area contributed by atoms with E-state index in [4.69, 9.17) is 0 Å². The maximum absolute atomic E-state index is 13.1. The molecule has 0 atom stereocenters. The van der Waals surface area contributed by atoms with Crippen molar-refractivity contribution in [3.05, 3.63) is 34.1 Å². The zero-order chi connectivity index (χ0) is 12.3. The average Bonchev–Trinajstić information content (AvgIpc) is 2.60. The van der Waals surface area contributed by atoms with Crippen LogP contribution in [0.1, 0.15) is 16.8 Å². The summed E-state index contributed by atoms with van der Waals surface area (Å²) in [6.45, 7) is 3.21. The fourth-order valence-corrected chi connectivity index (χ4v) is 2.24. The first-order chi connectivity index (χ1) is 8.18. The van der Waals surface area contributed by atoms with Gasteiger partial charge in [0.1, 0.15) is 5.82 Å². The van der Waals surface area contributed by atoms with Crippen molar-refractivity contribution in [2.75, 3.05) is 26.2 Å². The van der Waals surface area contributed by atoms with Gasteiger partial charge < -0.3 is 10.2 Å². The lowest BCUT2D eigenvalue weighted by Crippen LogP contribution is -2.34. The third-order valence-corrected chi connectivity index (χ3v) is 3.40. The highest BCUT2D eigenvalue weighted by atomic mass is 79.9. The zero-order valence-corrected chi connectivity index (χ0v) is 11.0. The molecule has 0 spiro atoms. The summed E-state index contributed by atoms with van der Waals surface area (Å²) in [5.74, 6) is -0.381. The van der Waals surface area contributed by atoms with E-state index in [9.17, 15) is 9.18 Å². The molecule has 1 fully saturated rings. The maximum Gasteiger partial charge on any atom is 0.253 e. The van der Waals surface area contributed by atoms with E-state index in [1.165, 1.54) is 18.2 Å². The van der Waals surface area contributed by atoms with E-state index >= 15 is 0 Å². The van der Waals surface area contributed by atoms with E-state index in [0.29, 0.717) is 16.6 Å². The molecule has 0 radical (unpaired) electrons. The fraction of sp³-hybridized carbons (Fsp3) is 0.417. The van der Waals surface area contributed by atoms with E-state index in [1.807, 2.05) is 0 Å². The summed E-state index contributed by atoms with van der Waals surface area (Å²) in [6, 6.07) is 4.38. The Bertz CT molecular complexity index is 417. The Labute approximate surface area is 108 Å². The number of amides is 1. The van der Waals surface area contributed by atoms with Crippen LogP contribution < -0.4 is 5.32 Å².